The number of aryl methyl sites for hydroxylation is 1. The van der Waals surface area contributed by atoms with E-state index in [0.29, 0.717) is 12.4 Å². The Hall–Kier alpha value is -1.61. The first kappa shape index (κ1) is 11.9. The highest BCUT2D eigenvalue weighted by atomic mass is 35.5. The first-order chi connectivity index (χ1) is 8.15. The summed E-state index contributed by atoms with van der Waals surface area (Å²) in [7, 11) is 0. The first-order valence-electron chi connectivity index (χ1n) is 5.15. The summed E-state index contributed by atoms with van der Waals surface area (Å²) in [5.41, 5.74) is 1.73. The van der Waals surface area contributed by atoms with Gasteiger partial charge in [-0.15, -0.1) is 0 Å². The number of aromatic nitrogens is 1. The number of nitrogens with zero attached hydrogens (tertiary/aromatic N) is 1. The van der Waals surface area contributed by atoms with Gasteiger partial charge in [0.15, 0.2) is 0 Å². The van der Waals surface area contributed by atoms with E-state index in [1.165, 1.54) is 12.1 Å². The van der Waals surface area contributed by atoms with E-state index in [1.54, 1.807) is 6.07 Å². The van der Waals surface area contributed by atoms with Gasteiger partial charge < -0.3 is 4.74 Å². The molecule has 0 saturated carbocycles. The molecule has 0 saturated heterocycles. The molecule has 0 aliphatic heterocycles. The van der Waals surface area contributed by atoms with Crippen molar-refractivity contribution in [3.8, 4) is 5.75 Å². The van der Waals surface area contributed by atoms with Gasteiger partial charge >= 0.3 is 0 Å². The molecule has 1 heterocycles. The largest absolute Gasteiger partial charge is 0.487 e. The van der Waals surface area contributed by atoms with Crippen LogP contribution in [-0.2, 0) is 6.61 Å². The van der Waals surface area contributed by atoms with E-state index in [4.69, 9.17) is 16.3 Å². The quantitative estimate of drug-likeness (QED) is 0.829. The van der Waals surface area contributed by atoms with Gasteiger partial charge in [0.05, 0.1) is 10.7 Å². The van der Waals surface area contributed by atoms with E-state index in [2.05, 4.69) is 4.98 Å². The summed E-state index contributed by atoms with van der Waals surface area (Å²) in [5, 5.41) is 0.0889. The van der Waals surface area contributed by atoms with Crippen molar-refractivity contribution < 1.29 is 9.13 Å². The van der Waals surface area contributed by atoms with E-state index >= 15 is 0 Å². The molecule has 2 aromatic rings. The van der Waals surface area contributed by atoms with Gasteiger partial charge in [0.1, 0.15) is 18.2 Å². The molecule has 0 fully saturated rings. The molecule has 0 aliphatic rings. The zero-order valence-corrected chi connectivity index (χ0v) is 10.0. The Balaban J connectivity index is 2.05. The van der Waals surface area contributed by atoms with Gasteiger partial charge in [-0.3, -0.25) is 4.98 Å². The third-order valence-electron chi connectivity index (χ3n) is 2.22. The summed E-state index contributed by atoms with van der Waals surface area (Å²) in [6.45, 7) is 2.22. The lowest BCUT2D eigenvalue weighted by Crippen LogP contribution is -1.99. The van der Waals surface area contributed by atoms with Crippen molar-refractivity contribution >= 4 is 11.6 Å². The summed E-state index contributed by atoms with van der Waals surface area (Å²) in [6.07, 6.45) is 0. The van der Waals surface area contributed by atoms with Gasteiger partial charge in [0.25, 0.3) is 0 Å². The molecule has 1 aromatic heterocycles. The van der Waals surface area contributed by atoms with E-state index < -0.39 is 5.82 Å². The Morgan fingerprint density at radius 1 is 1.29 bits per heavy atom. The molecule has 0 radical (unpaired) electrons. The molecule has 4 heteroatoms. The van der Waals surface area contributed by atoms with Crippen molar-refractivity contribution in [2.24, 2.45) is 0 Å². The Morgan fingerprint density at radius 2 is 2.12 bits per heavy atom. The predicted octanol–water partition coefficient (Wildman–Crippen LogP) is 3.76. The molecule has 88 valence electrons. The van der Waals surface area contributed by atoms with Crippen LogP contribution in [0.1, 0.15) is 11.4 Å². The van der Waals surface area contributed by atoms with Crippen LogP contribution < -0.4 is 4.74 Å². The number of halogens is 2. The maximum absolute atomic E-state index is 13.1. The normalized spacial score (nSPS) is 10.3. The SMILES string of the molecule is Cc1cccc(COc2ccc(Cl)c(F)c2)n1. The fourth-order valence-electron chi connectivity index (χ4n) is 1.40. The standard InChI is InChI=1S/C13H11ClFNO/c1-9-3-2-4-10(16-9)8-17-11-5-6-12(14)13(15)7-11/h2-7H,8H2,1H3. The van der Waals surface area contributed by atoms with Crippen molar-refractivity contribution in [2.75, 3.05) is 0 Å². The lowest BCUT2D eigenvalue weighted by molar-refractivity contribution is 0.299. The Morgan fingerprint density at radius 3 is 2.82 bits per heavy atom. The van der Waals surface area contributed by atoms with Crippen LogP contribution in [0.3, 0.4) is 0 Å². The summed E-state index contributed by atoms with van der Waals surface area (Å²) < 4.78 is 18.6. The third kappa shape index (κ3) is 3.17. The molecule has 2 rings (SSSR count). The van der Waals surface area contributed by atoms with E-state index in [-0.39, 0.29) is 5.02 Å². The molecule has 1 aromatic carbocycles. The average molecular weight is 252 g/mol. The van der Waals surface area contributed by atoms with Crippen LogP contribution in [0.25, 0.3) is 0 Å². The van der Waals surface area contributed by atoms with Crippen LogP contribution in [0.15, 0.2) is 36.4 Å². The van der Waals surface area contributed by atoms with Crippen LogP contribution in [0.5, 0.6) is 5.75 Å². The van der Waals surface area contributed by atoms with E-state index in [9.17, 15) is 4.39 Å². The molecular formula is C13H11ClFNO. The highest BCUT2D eigenvalue weighted by molar-refractivity contribution is 6.30. The summed E-state index contributed by atoms with van der Waals surface area (Å²) >= 11 is 5.58. The number of hydrogen-bond donors (Lipinski definition) is 0. The highest BCUT2D eigenvalue weighted by Gasteiger charge is 2.02. The summed E-state index contributed by atoms with van der Waals surface area (Å²) in [6, 6.07) is 10.0. The molecule has 0 unspecified atom stereocenters. The van der Waals surface area contributed by atoms with Crippen LogP contribution in [0, 0.1) is 12.7 Å². The van der Waals surface area contributed by atoms with Crippen molar-refractivity contribution in [3.05, 3.63) is 58.6 Å². The zero-order chi connectivity index (χ0) is 12.3. The summed E-state index contributed by atoms with van der Waals surface area (Å²) in [5.74, 6) is -0.0448. The first-order valence-corrected chi connectivity index (χ1v) is 5.53. The lowest BCUT2D eigenvalue weighted by Gasteiger charge is -2.06. The fraction of sp³-hybridized carbons (Fsp3) is 0.154. The van der Waals surface area contributed by atoms with Gasteiger partial charge in [-0.25, -0.2) is 4.39 Å². The van der Waals surface area contributed by atoms with Crippen LogP contribution in [-0.4, -0.2) is 4.98 Å². The van der Waals surface area contributed by atoms with Gasteiger partial charge in [-0.1, -0.05) is 17.7 Å². The van der Waals surface area contributed by atoms with Crippen molar-refractivity contribution in [2.45, 2.75) is 13.5 Å². The number of benzene rings is 1. The van der Waals surface area contributed by atoms with E-state index in [0.717, 1.165) is 11.4 Å². The van der Waals surface area contributed by atoms with E-state index in [1.807, 2.05) is 25.1 Å². The Kier molecular flexibility index (Phi) is 3.59. The van der Waals surface area contributed by atoms with Gasteiger partial charge in [0.2, 0.25) is 0 Å². The number of hydrogen-bond acceptors (Lipinski definition) is 2. The maximum Gasteiger partial charge on any atom is 0.145 e. The van der Waals surface area contributed by atoms with Gasteiger partial charge in [-0.2, -0.15) is 0 Å². The Bertz CT molecular complexity index is 531. The third-order valence-corrected chi connectivity index (χ3v) is 2.53. The maximum atomic E-state index is 13.1. The average Bonchev–Trinajstić information content (AvgIpc) is 2.31. The molecule has 0 aliphatic carbocycles. The minimum atomic E-state index is -0.485. The van der Waals surface area contributed by atoms with Crippen molar-refractivity contribution in [1.29, 1.82) is 0 Å². The second-order valence-corrected chi connectivity index (χ2v) is 4.04. The molecule has 0 amide bonds. The number of pyridine rings is 1. The molecular weight excluding hydrogens is 241 g/mol. The monoisotopic (exact) mass is 251 g/mol. The lowest BCUT2D eigenvalue weighted by atomic mass is 10.3. The number of rotatable bonds is 3. The molecule has 17 heavy (non-hydrogen) atoms. The molecule has 0 spiro atoms. The highest BCUT2D eigenvalue weighted by Crippen LogP contribution is 2.20. The van der Waals surface area contributed by atoms with Crippen molar-refractivity contribution in [3.63, 3.8) is 0 Å². The predicted molar refractivity (Wildman–Crippen MR) is 64.7 cm³/mol. The van der Waals surface area contributed by atoms with Crippen LogP contribution in [0.4, 0.5) is 4.39 Å². The summed E-state index contributed by atoms with van der Waals surface area (Å²) in [4.78, 5) is 4.28. The molecule has 0 N–H and O–H groups in total. The Labute approximate surface area is 104 Å². The van der Waals surface area contributed by atoms with Crippen molar-refractivity contribution in [1.82, 2.24) is 4.98 Å². The molecule has 0 atom stereocenters. The zero-order valence-electron chi connectivity index (χ0n) is 9.28. The molecule has 0 bridgehead atoms. The topological polar surface area (TPSA) is 22.1 Å². The molecule has 2 nitrogen and oxygen atoms in total. The second-order valence-electron chi connectivity index (χ2n) is 3.63. The fourth-order valence-corrected chi connectivity index (χ4v) is 1.52. The van der Waals surface area contributed by atoms with Gasteiger partial charge in [-0.05, 0) is 31.2 Å². The van der Waals surface area contributed by atoms with Crippen LogP contribution in [0.2, 0.25) is 5.02 Å². The minimum Gasteiger partial charge on any atom is -0.487 e. The van der Waals surface area contributed by atoms with Crippen LogP contribution >= 0.6 is 11.6 Å². The van der Waals surface area contributed by atoms with Gasteiger partial charge in [0, 0.05) is 11.8 Å². The number of ether oxygens (including phenoxy) is 1. The second kappa shape index (κ2) is 5.15. The smallest absolute Gasteiger partial charge is 0.145 e. The minimum absolute atomic E-state index is 0.0889.